The summed E-state index contributed by atoms with van der Waals surface area (Å²) >= 11 is 0. The van der Waals surface area contributed by atoms with Gasteiger partial charge >= 0.3 is 0 Å². The summed E-state index contributed by atoms with van der Waals surface area (Å²) in [5, 5.41) is 1.93. The Kier molecular flexibility index (Phi) is 8.30. The Hall–Kier alpha value is -3.23. The summed E-state index contributed by atoms with van der Waals surface area (Å²) in [5.74, 6) is -6.45. The van der Waals surface area contributed by atoms with Gasteiger partial charge in [0.1, 0.15) is 5.56 Å². The maximum absolute atomic E-state index is 14.4. The van der Waals surface area contributed by atoms with Crippen LogP contribution in [0.15, 0.2) is 35.2 Å². The fourth-order valence-electron chi connectivity index (χ4n) is 2.18. The number of carbonyl (C=O) groups is 1. The summed E-state index contributed by atoms with van der Waals surface area (Å²) in [6.45, 7) is 5.49. The molecule has 0 aliphatic heterocycles. The summed E-state index contributed by atoms with van der Waals surface area (Å²) in [7, 11) is 1.43. The molecule has 0 aliphatic rings. The highest BCUT2D eigenvalue weighted by Gasteiger charge is 2.22. The molecule has 0 unspecified atom stereocenters. The smallest absolute Gasteiger partial charge is 0.261 e. The molecule has 5 nitrogen and oxygen atoms in total. The van der Waals surface area contributed by atoms with E-state index in [2.05, 4.69) is 9.98 Å². The third kappa shape index (κ3) is 4.93. The van der Waals surface area contributed by atoms with E-state index < -0.39 is 40.4 Å². The quantitative estimate of drug-likeness (QED) is 0.597. The lowest BCUT2D eigenvalue weighted by Gasteiger charge is -2.12. The Balaban J connectivity index is 0.00000190. The van der Waals surface area contributed by atoms with Gasteiger partial charge in [-0.3, -0.25) is 14.8 Å². The first kappa shape index (κ1) is 22.8. The number of amides is 1. The van der Waals surface area contributed by atoms with Crippen molar-refractivity contribution < 1.29 is 22.4 Å². The fraction of sp³-hybridized carbons (Fsp3) is 0.211. The van der Waals surface area contributed by atoms with Crippen LogP contribution in [0.25, 0.3) is 5.57 Å². The molecule has 150 valence electrons. The van der Waals surface area contributed by atoms with Crippen molar-refractivity contribution in [3.8, 4) is 0 Å². The van der Waals surface area contributed by atoms with Gasteiger partial charge in [-0.2, -0.15) is 0 Å². The van der Waals surface area contributed by atoms with Crippen LogP contribution in [0, 0.1) is 23.3 Å². The van der Waals surface area contributed by atoms with E-state index in [1.165, 1.54) is 26.3 Å². The minimum absolute atomic E-state index is 0.160. The molecule has 3 N–H and O–H groups in total. The van der Waals surface area contributed by atoms with Crippen LogP contribution < -0.4 is 11.1 Å². The molecule has 1 aromatic heterocycles. The number of aliphatic imine (C=N–C) groups is 1. The van der Waals surface area contributed by atoms with Gasteiger partial charge in [0.05, 0.1) is 18.1 Å². The second kappa shape index (κ2) is 10.2. The second-order valence-electron chi connectivity index (χ2n) is 5.20. The summed E-state index contributed by atoms with van der Waals surface area (Å²) in [6, 6.07) is 2.22. The number of nitrogens with one attached hydrogen (secondary N) is 1. The predicted octanol–water partition coefficient (Wildman–Crippen LogP) is 4.31. The van der Waals surface area contributed by atoms with E-state index >= 15 is 0 Å². The lowest BCUT2D eigenvalue weighted by Crippen LogP contribution is -2.17. The summed E-state index contributed by atoms with van der Waals surface area (Å²) in [5.41, 5.74) is 4.28. The van der Waals surface area contributed by atoms with Gasteiger partial charge < -0.3 is 11.1 Å². The number of benzene rings is 1. The number of halogens is 4. The van der Waals surface area contributed by atoms with Crippen molar-refractivity contribution in [1.82, 2.24) is 4.98 Å². The molecular formula is C19H20F4N4O. The summed E-state index contributed by atoms with van der Waals surface area (Å²) in [6.07, 6.45) is 2.51. The van der Waals surface area contributed by atoms with Crippen molar-refractivity contribution >= 4 is 23.4 Å². The number of carbonyl (C=O) groups excluding carboxylic acids is 1. The van der Waals surface area contributed by atoms with Crippen molar-refractivity contribution in [3.63, 3.8) is 0 Å². The zero-order valence-corrected chi connectivity index (χ0v) is 15.8. The molecule has 0 spiro atoms. The van der Waals surface area contributed by atoms with Crippen LogP contribution >= 0.6 is 0 Å². The molecule has 1 amide bonds. The number of aromatic nitrogens is 1. The van der Waals surface area contributed by atoms with Crippen LogP contribution in [0.4, 0.5) is 23.2 Å². The number of nitrogens with zero attached hydrogens (tertiary/aromatic N) is 2. The fourth-order valence-corrected chi connectivity index (χ4v) is 2.18. The average Bonchev–Trinajstić information content (AvgIpc) is 2.65. The first-order valence-electron chi connectivity index (χ1n) is 8.25. The Morgan fingerprint density at radius 3 is 2.18 bits per heavy atom. The van der Waals surface area contributed by atoms with Crippen molar-refractivity contribution in [3.05, 3.63) is 64.6 Å². The third-order valence-electron chi connectivity index (χ3n) is 3.38. The van der Waals surface area contributed by atoms with Gasteiger partial charge in [0.25, 0.3) is 5.91 Å². The highest BCUT2D eigenvalue weighted by molar-refractivity contribution is 6.11. The van der Waals surface area contributed by atoms with E-state index in [1.54, 1.807) is 0 Å². The molecule has 0 bridgehead atoms. The molecule has 0 aliphatic carbocycles. The van der Waals surface area contributed by atoms with E-state index in [0.717, 1.165) is 6.07 Å². The SMILES string of the molecule is CC.CN=C/C(=C(/C)N)c1ccc(NC(=O)c2c(F)cncc2F)c(F)c1F. The molecule has 0 fully saturated rings. The molecule has 0 saturated carbocycles. The second-order valence-corrected chi connectivity index (χ2v) is 5.20. The number of allylic oxidation sites excluding steroid dienone is 2. The van der Waals surface area contributed by atoms with Gasteiger partial charge in [-0.15, -0.1) is 0 Å². The van der Waals surface area contributed by atoms with E-state index in [-0.39, 0.29) is 16.8 Å². The highest BCUT2D eigenvalue weighted by Crippen LogP contribution is 2.26. The van der Waals surface area contributed by atoms with Crippen molar-refractivity contribution in [2.45, 2.75) is 20.8 Å². The monoisotopic (exact) mass is 396 g/mol. The lowest BCUT2D eigenvalue weighted by molar-refractivity contribution is 0.101. The van der Waals surface area contributed by atoms with E-state index in [1.807, 2.05) is 19.2 Å². The molecule has 0 saturated heterocycles. The molecule has 9 heteroatoms. The zero-order valence-electron chi connectivity index (χ0n) is 15.8. The van der Waals surface area contributed by atoms with Gasteiger partial charge in [0, 0.05) is 30.1 Å². The third-order valence-corrected chi connectivity index (χ3v) is 3.38. The molecule has 1 aromatic carbocycles. The molecule has 1 heterocycles. The van der Waals surface area contributed by atoms with Gasteiger partial charge in [-0.05, 0) is 19.1 Å². The molecule has 0 radical (unpaired) electrons. The highest BCUT2D eigenvalue weighted by atomic mass is 19.2. The average molecular weight is 396 g/mol. The number of hydrogen-bond donors (Lipinski definition) is 2. The van der Waals surface area contributed by atoms with E-state index in [0.29, 0.717) is 12.4 Å². The van der Waals surface area contributed by atoms with E-state index in [4.69, 9.17) is 5.73 Å². The number of hydrogen-bond acceptors (Lipinski definition) is 4. The summed E-state index contributed by atoms with van der Waals surface area (Å²) < 4.78 is 55.8. The number of rotatable bonds is 4. The maximum atomic E-state index is 14.4. The van der Waals surface area contributed by atoms with Gasteiger partial charge in [0.15, 0.2) is 23.3 Å². The molecule has 0 atom stereocenters. The largest absolute Gasteiger partial charge is 0.402 e. The van der Waals surface area contributed by atoms with Gasteiger partial charge in [-0.1, -0.05) is 13.8 Å². The Morgan fingerprint density at radius 1 is 1.11 bits per heavy atom. The molecule has 2 aromatic rings. The number of pyridine rings is 1. The van der Waals surface area contributed by atoms with Crippen LogP contribution in [0.5, 0.6) is 0 Å². The van der Waals surface area contributed by atoms with Crippen LogP contribution in [-0.2, 0) is 0 Å². The minimum Gasteiger partial charge on any atom is -0.402 e. The Morgan fingerprint density at radius 2 is 1.68 bits per heavy atom. The van der Waals surface area contributed by atoms with Crippen molar-refractivity contribution in [2.75, 3.05) is 12.4 Å². The molecule has 28 heavy (non-hydrogen) atoms. The first-order chi connectivity index (χ1) is 13.3. The van der Waals surface area contributed by atoms with Gasteiger partial charge in [0.2, 0.25) is 0 Å². The Labute approximate surface area is 160 Å². The van der Waals surface area contributed by atoms with Crippen LogP contribution in [0.2, 0.25) is 0 Å². The number of nitrogens with two attached hydrogens (primary N) is 1. The van der Waals surface area contributed by atoms with Crippen LogP contribution in [0.3, 0.4) is 0 Å². The first-order valence-corrected chi connectivity index (χ1v) is 8.25. The minimum atomic E-state index is -1.41. The topological polar surface area (TPSA) is 80.4 Å². The van der Waals surface area contributed by atoms with Crippen molar-refractivity contribution in [1.29, 1.82) is 0 Å². The predicted molar refractivity (Wildman–Crippen MR) is 101 cm³/mol. The number of anilines is 1. The van der Waals surface area contributed by atoms with E-state index in [9.17, 15) is 22.4 Å². The Bertz CT molecular complexity index is 902. The van der Waals surface area contributed by atoms with Crippen LogP contribution in [-0.4, -0.2) is 24.2 Å². The maximum Gasteiger partial charge on any atom is 0.261 e. The van der Waals surface area contributed by atoms with Crippen molar-refractivity contribution in [2.24, 2.45) is 10.7 Å². The molecular weight excluding hydrogens is 376 g/mol. The normalized spacial score (nSPS) is 11.6. The molecule has 2 rings (SSSR count). The zero-order chi connectivity index (χ0) is 21.4. The summed E-state index contributed by atoms with van der Waals surface area (Å²) in [4.78, 5) is 19.0. The lowest BCUT2D eigenvalue weighted by atomic mass is 10.0. The standard InChI is InChI=1S/C17H14F4N4O.C2H6/c1-8(22)10(5-23-2)9-3-4-13(16(21)15(9)20)25-17(26)14-11(18)6-24-7-12(14)19;1-2/h3-7H,22H2,1-2H3,(H,25,26);1-2H3/b10-8+,23-5?;. The van der Waals surface area contributed by atoms with Crippen LogP contribution in [0.1, 0.15) is 36.7 Å². The van der Waals surface area contributed by atoms with Gasteiger partial charge in [-0.25, -0.2) is 17.6 Å².